The Hall–Kier alpha value is -3.19. The zero-order chi connectivity index (χ0) is 16.9. The van der Waals surface area contributed by atoms with E-state index in [9.17, 15) is 0 Å². The summed E-state index contributed by atoms with van der Waals surface area (Å²) in [4.78, 5) is 21.7. The van der Waals surface area contributed by atoms with Crippen LogP contribution in [0.5, 0.6) is 0 Å². The van der Waals surface area contributed by atoms with E-state index in [0.29, 0.717) is 12.5 Å². The first-order valence-corrected chi connectivity index (χ1v) is 8.59. The highest BCUT2D eigenvalue weighted by Crippen LogP contribution is 2.27. The molecule has 122 valence electrons. The van der Waals surface area contributed by atoms with Gasteiger partial charge in [-0.25, -0.2) is 15.0 Å². The van der Waals surface area contributed by atoms with Crippen LogP contribution >= 0.6 is 11.3 Å². The normalized spacial score (nSPS) is 10.6. The molecule has 0 unspecified atom stereocenters. The molecule has 0 radical (unpaired) electrons. The monoisotopic (exact) mass is 346 g/mol. The molecule has 6 nitrogen and oxygen atoms in total. The molecular weight excluding hydrogens is 332 g/mol. The molecule has 0 aliphatic carbocycles. The summed E-state index contributed by atoms with van der Waals surface area (Å²) < 4.78 is 0. The Morgan fingerprint density at radius 1 is 0.880 bits per heavy atom. The van der Waals surface area contributed by atoms with Crippen LogP contribution in [0.4, 0.5) is 5.95 Å². The Labute approximate surface area is 148 Å². The van der Waals surface area contributed by atoms with Gasteiger partial charge in [-0.2, -0.15) is 0 Å². The summed E-state index contributed by atoms with van der Waals surface area (Å²) in [5.74, 6) is 0.539. The maximum Gasteiger partial charge on any atom is 0.223 e. The highest BCUT2D eigenvalue weighted by atomic mass is 32.1. The van der Waals surface area contributed by atoms with Gasteiger partial charge in [0.1, 0.15) is 10.7 Å². The molecule has 0 spiro atoms. The molecule has 4 aromatic rings. The maximum atomic E-state index is 4.69. The fourth-order valence-corrected chi connectivity index (χ4v) is 3.10. The largest absolute Gasteiger partial charge is 0.348 e. The highest BCUT2D eigenvalue weighted by molar-refractivity contribution is 7.13. The van der Waals surface area contributed by atoms with Gasteiger partial charge in [-0.15, -0.1) is 11.3 Å². The first-order chi connectivity index (χ1) is 12.4. The first kappa shape index (κ1) is 15.3. The van der Waals surface area contributed by atoms with E-state index in [2.05, 4.69) is 42.4 Å². The van der Waals surface area contributed by atoms with Gasteiger partial charge in [0, 0.05) is 29.5 Å². The number of benzene rings is 1. The number of hydrogen-bond donors (Lipinski definition) is 1. The number of hydrogen-bond acceptors (Lipinski definition) is 7. The second kappa shape index (κ2) is 7.14. The fourth-order valence-electron chi connectivity index (χ4n) is 2.28. The number of rotatable bonds is 5. The van der Waals surface area contributed by atoms with Crippen molar-refractivity contribution >= 4 is 17.3 Å². The van der Waals surface area contributed by atoms with Gasteiger partial charge in [0.25, 0.3) is 0 Å². The molecule has 1 N–H and O–H groups in total. The minimum absolute atomic E-state index is 0.517. The van der Waals surface area contributed by atoms with Gasteiger partial charge in [0.15, 0.2) is 0 Å². The van der Waals surface area contributed by atoms with Gasteiger partial charge in [0.2, 0.25) is 5.95 Å². The van der Waals surface area contributed by atoms with E-state index in [4.69, 9.17) is 0 Å². The Morgan fingerprint density at radius 3 is 2.64 bits per heavy atom. The van der Waals surface area contributed by atoms with Gasteiger partial charge in [-0.05, 0) is 6.07 Å². The van der Waals surface area contributed by atoms with E-state index in [1.807, 2.05) is 29.6 Å². The molecular formula is C18H14N6S. The van der Waals surface area contributed by atoms with Crippen LogP contribution in [-0.4, -0.2) is 24.9 Å². The van der Waals surface area contributed by atoms with E-state index in [-0.39, 0.29) is 0 Å². The van der Waals surface area contributed by atoms with E-state index in [1.165, 1.54) is 0 Å². The smallest absolute Gasteiger partial charge is 0.223 e. The highest BCUT2D eigenvalue weighted by Gasteiger charge is 2.08. The van der Waals surface area contributed by atoms with Crippen LogP contribution < -0.4 is 5.32 Å². The molecule has 25 heavy (non-hydrogen) atoms. The Morgan fingerprint density at radius 2 is 1.80 bits per heavy atom. The van der Waals surface area contributed by atoms with E-state index in [1.54, 1.807) is 36.1 Å². The molecule has 3 heterocycles. The minimum atomic E-state index is 0.517. The van der Waals surface area contributed by atoms with Gasteiger partial charge < -0.3 is 5.32 Å². The molecule has 0 saturated heterocycles. The first-order valence-electron chi connectivity index (χ1n) is 7.71. The van der Waals surface area contributed by atoms with Crippen molar-refractivity contribution in [3.63, 3.8) is 0 Å². The minimum Gasteiger partial charge on any atom is -0.348 e. The van der Waals surface area contributed by atoms with Crippen molar-refractivity contribution < 1.29 is 0 Å². The predicted molar refractivity (Wildman–Crippen MR) is 97.9 cm³/mol. The van der Waals surface area contributed by atoms with Crippen LogP contribution in [0.1, 0.15) is 5.69 Å². The Balaban J connectivity index is 1.52. The molecule has 0 aliphatic rings. The van der Waals surface area contributed by atoms with Crippen LogP contribution in [0.25, 0.3) is 22.0 Å². The van der Waals surface area contributed by atoms with Gasteiger partial charge in [0.05, 0.1) is 24.1 Å². The molecule has 0 saturated carbocycles. The molecule has 0 bridgehead atoms. The topological polar surface area (TPSA) is 76.5 Å². The molecule has 0 aliphatic heterocycles. The molecule has 0 atom stereocenters. The van der Waals surface area contributed by atoms with Gasteiger partial charge in [-0.1, -0.05) is 30.3 Å². The molecule has 0 amide bonds. The van der Waals surface area contributed by atoms with E-state index < -0.39 is 0 Å². The van der Waals surface area contributed by atoms with Crippen molar-refractivity contribution in [2.75, 3.05) is 5.32 Å². The number of aromatic nitrogens is 5. The SMILES string of the molecule is c1ccc(-c2nc(-c3ccnc(NCc4cnccn4)n3)cs2)cc1. The van der Waals surface area contributed by atoms with Crippen LogP contribution in [0.2, 0.25) is 0 Å². The predicted octanol–water partition coefficient (Wildman–Crippen LogP) is 3.67. The van der Waals surface area contributed by atoms with Crippen molar-refractivity contribution in [1.82, 2.24) is 24.9 Å². The average molecular weight is 346 g/mol. The number of anilines is 1. The summed E-state index contributed by atoms with van der Waals surface area (Å²) in [6.07, 6.45) is 6.74. The molecule has 4 rings (SSSR count). The van der Waals surface area contributed by atoms with Crippen molar-refractivity contribution in [2.24, 2.45) is 0 Å². The summed E-state index contributed by atoms with van der Waals surface area (Å²) >= 11 is 1.60. The number of nitrogens with one attached hydrogen (secondary N) is 1. The lowest BCUT2D eigenvalue weighted by Gasteiger charge is -2.04. The lowest BCUT2D eigenvalue weighted by atomic mass is 10.2. The number of nitrogens with zero attached hydrogens (tertiary/aromatic N) is 5. The third kappa shape index (κ3) is 3.67. The standard InChI is InChI=1S/C18H14N6S/c1-2-4-13(5-3-1)17-23-16(12-25-17)15-6-7-21-18(24-15)22-11-14-10-19-8-9-20-14/h1-10,12H,11H2,(H,21,22,24). The van der Waals surface area contributed by atoms with Crippen LogP contribution in [-0.2, 0) is 6.54 Å². The molecule has 3 aromatic heterocycles. The van der Waals surface area contributed by atoms with Crippen molar-refractivity contribution in [1.29, 1.82) is 0 Å². The summed E-state index contributed by atoms with van der Waals surface area (Å²) in [6.45, 7) is 0.517. The van der Waals surface area contributed by atoms with E-state index in [0.717, 1.165) is 27.7 Å². The summed E-state index contributed by atoms with van der Waals surface area (Å²) in [5, 5.41) is 6.15. The summed E-state index contributed by atoms with van der Waals surface area (Å²) in [5.41, 5.74) is 3.56. The molecule has 1 aromatic carbocycles. The second-order valence-corrected chi connectivity index (χ2v) is 6.08. The van der Waals surface area contributed by atoms with Crippen molar-refractivity contribution in [3.05, 3.63) is 72.3 Å². The summed E-state index contributed by atoms with van der Waals surface area (Å²) in [7, 11) is 0. The Kier molecular flexibility index (Phi) is 4.38. The molecule has 0 fully saturated rings. The van der Waals surface area contributed by atoms with Gasteiger partial charge in [-0.3, -0.25) is 9.97 Å². The summed E-state index contributed by atoms with van der Waals surface area (Å²) in [6, 6.07) is 12.0. The van der Waals surface area contributed by atoms with E-state index >= 15 is 0 Å². The maximum absolute atomic E-state index is 4.69. The van der Waals surface area contributed by atoms with Crippen molar-refractivity contribution in [3.8, 4) is 22.0 Å². The lowest BCUT2D eigenvalue weighted by molar-refractivity contribution is 0.979. The van der Waals surface area contributed by atoms with Crippen LogP contribution in [0.3, 0.4) is 0 Å². The zero-order valence-electron chi connectivity index (χ0n) is 13.2. The Bertz CT molecular complexity index is 955. The van der Waals surface area contributed by atoms with Crippen LogP contribution in [0.15, 0.2) is 66.6 Å². The lowest BCUT2D eigenvalue weighted by Crippen LogP contribution is -2.05. The van der Waals surface area contributed by atoms with Gasteiger partial charge >= 0.3 is 0 Å². The third-order valence-electron chi connectivity index (χ3n) is 3.49. The van der Waals surface area contributed by atoms with Crippen LogP contribution in [0, 0.1) is 0 Å². The molecule has 7 heteroatoms. The number of thiazole rings is 1. The third-order valence-corrected chi connectivity index (χ3v) is 4.38. The quantitative estimate of drug-likeness (QED) is 0.594. The van der Waals surface area contributed by atoms with Crippen molar-refractivity contribution in [2.45, 2.75) is 6.54 Å². The zero-order valence-corrected chi connectivity index (χ0v) is 14.0. The fraction of sp³-hybridized carbons (Fsp3) is 0.0556. The average Bonchev–Trinajstić information content (AvgIpc) is 3.18. The second-order valence-electron chi connectivity index (χ2n) is 5.22.